The van der Waals surface area contributed by atoms with E-state index < -0.39 is 0 Å². The first-order valence-electron chi connectivity index (χ1n) is 5.84. The van der Waals surface area contributed by atoms with Crippen molar-refractivity contribution >= 4 is 23.5 Å². The predicted octanol–water partition coefficient (Wildman–Crippen LogP) is 3.88. The molecule has 0 N–H and O–H groups in total. The van der Waals surface area contributed by atoms with Crippen LogP contribution in [0.1, 0.15) is 25.3 Å². The number of hydrogen-bond acceptors (Lipinski definition) is 3. The molecule has 0 amide bonds. The Bertz CT molecular complexity index is 385. The van der Waals surface area contributed by atoms with E-state index in [4.69, 9.17) is 4.74 Å². The van der Waals surface area contributed by atoms with Crippen molar-refractivity contribution in [2.24, 2.45) is 0 Å². The maximum Gasteiger partial charge on any atom is 0.125 e. The van der Waals surface area contributed by atoms with E-state index in [-0.39, 0.29) is 4.08 Å². The zero-order chi connectivity index (χ0) is 11.0. The fourth-order valence-electron chi connectivity index (χ4n) is 2.48. The third-order valence-corrected chi connectivity index (χ3v) is 6.54. The summed E-state index contributed by atoms with van der Waals surface area (Å²) < 4.78 is 6.20. The first-order chi connectivity index (χ1) is 7.80. The van der Waals surface area contributed by atoms with E-state index in [0.717, 1.165) is 12.2 Å². The standard InChI is InChI=1S/C13H16OS2/c1-10-9-13(15-7-4-8-16-13)11-5-2-3-6-12(11)14-10/h2-3,5-6,10H,4,7-9H2,1H3. The summed E-state index contributed by atoms with van der Waals surface area (Å²) in [6, 6.07) is 8.56. The first-order valence-corrected chi connectivity index (χ1v) is 7.81. The lowest BCUT2D eigenvalue weighted by molar-refractivity contribution is 0.185. The molecule has 2 heterocycles. The highest BCUT2D eigenvalue weighted by Crippen LogP contribution is 2.57. The van der Waals surface area contributed by atoms with Crippen LogP contribution < -0.4 is 4.74 Å². The normalized spacial score (nSPS) is 27.2. The van der Waals surface area contributed by atoms with Crippen molar-refractivity contribution in [2.75, 3.05) is 11.5 Å². The van der Waals surface area contributed by atoms with Crippen LogP contribution >= 0.6 is 23.5 Å². The van der Waals surface area contributed by atoms with Gasteiger partial charge in [0.05, 0.1) is 10.2 Å². The van der Waals surface area contributed by atoms with Crippen LogP contribution in [0.25, 0.3) is 0 Å². The van der Waals surface area contributed by atoms with Gasteiger partial charge in [-0.2, -0.15) is 0 Å². The molecular weight excluding hydrogens is 236 g/mol. The van der Waals surface area contributed by atoms with Gasteiger partial charge in [-0.05, 0) is 30.9 Å². The number of ether oxygens (including phenoxy) is 1. The van der Waals surface area contributed by atoms with Gasteiger partial charge in [0, 0.05) is 12.0 Å². The lowest BCUT2D eigenvalue weighted by atomic mass is 10.0. The van der Waals surface area contributed by atoms with Gasteiger partial charge in [-0.1, -0.05) is 18.2 Å². The van der Waals surface area contributed by atoms with Gasteiger partial charge < -0.3 is 4.74 Å². The van der Waals surface area contributed by atoms with E-state index >= 15 is 0 Å². The summed E-state index contributed by atoms with van der Waals surface area (Å²) in [5.41, 5.74) is 1.41. The minimum Gasteiger partial charge on any atom is -0.490 e. The van der Waals surface area contributed by atoms with E-state index in [1.165, 1.54) is 23.5 Å². The van der Waals surface area contributed by atoms with Gasteiger partial charge in [0.2, 0.25) is 0 Å². The van der Waals surface area contributed by atoms with Gasteiger partial charge in [0.25, 0.3) is 0 Å². The molecule has 3 rings (SSSR count). The molecule has 16 heavy (non-hydrogen) atoms. The summed E-state index contributed by atoms with van der Waals surface area (Å²) in [4.78, 5) is 0. The number of hydrogen-bond donors (Lipinski definition) is 0. The van der Waals surface area contributed by atoms with Crippen molar-refractivity contribution in [3.05, 3.63) is 29.8 Å². The molecule has 1 atom stereocenters. The van der Waals surface area contributed by atoms with E-state index in [1.807, 2.05) is 0 Å². The first kappa shape index (κ1) is 10.8. The average molecular weight is 252 g/mol. The molecule has 0 aromatic heterocycles. The minimum absolute atomic E-state index is 0.270. The van der Waals surface area contributed by atoms with Crippen molar-refractivity contribution in [3.8, 4) is 5.75 Å². The van der Waals surface area contributed by atoms with Gasteiger partial charge in [0.15, 0.2) is 0 Å². The lowest BCUT2D eigenvalue weighted by Gasteiger charge is -2.42. The van der Waals surface area contributed by atoms with Gasteiger partial charge >= 0.3 is 0 Å². The molecule has 1 fully saturated rings. The van der Waals surface area contributed by atoms with E-state index in [9.17, 15) is 0 Å². The van der Waals surface area contributed by atoms with Crippen LogP contribution in [0, 0.1) is 0 Å². The summed E-state index contributed by atoms with van der Waals surface area (Å²) in [6.07, 6.45) is 2.82. The molecule has 1 spiro atoms. The van der Waals surface area contributed by atoms with Crippen LogP contribution in [-0.2, 0) is 4.08 Å². The maximum atomic E-state index is 5.93. The van der Waals surface area contributed by atoms with Crippen LogP contribution in [0.15, 0.2) is 24.3 Å². The highest BCUT2D eigenvalue weighted by Gasteiger charge is 2.42. The van der Waals surface area contributed by atoms with E-state index in [1.54, 1.807) is 0 Å². The molecule has 1 unspecified atom stereocenters. The monoisotopic (exact) mass is 252 g/mol. The van der Waals surface area contributed by atoms with Gasteiger partial charge in [-0.25, -0.2) is 0 Å². The third-order valence-electron chi connectivity index (χ3n) is 3.14. The van der Waals surface area contributed by atoms with Crippen molar-refractivity contribution in [3.63, 3.8) is 0 Å². The number of fused-ring (bicyclic) bond motifs is 2. The molecule has 0 bridgehead atoms. The summed E-state index contributed by atoms with van der Waals surface area (Å²) in [7, 11) is 0. The molecular formula is C13H16OS2. The van der Waals surface area contributed by atoms with Crippen LogP contribution in [0.5, 0.6) is 5.75 Å². The molecule has 0 radical (unpaired) electrons. The van der Waals surface area contributed by atoms with Gasteiger partial charge in [0.1, 0.15) is 5.75 Å². The van der Waals surface area contributed by atoms with Crippen molar-refractivity contribution in [1.29, 1.82) is 0 Å². The third kappa shape index (κ3) is 1.74. The molecule has 0 aliphatic carbocycles. The van der Waals surface area contributed by atoms with Crippen LogP contribution in [0.3, 0.4) is 0 Å². The largest absolute Gasteiger partial charge is 0.490 e. The minimum atomic E-state index is 0.270. The molecule has 1 nitrogen and oxygen atoms in total. The Kier molecular flexibility index (Phi) is 2.84. The number of rotatable bonds is 0. The Morgan fingerprint density at radius 1 is 1.25 bits per heavy atom. The quantitative estimate of drug-likeness (QED) is 0.693. The highest BCUT2D eigenvalue weighted by atomic mass is 32.2. The zero-order valence-electron chi connectivity index (χ0n) is 9.44. The Labute approximate surface area is 105 Å². The number of benzene rings is 1. The van der Waals surface area contributed by atoms with Gasteiger partial charge in [-0.3, -0.25) is 0 Å². The summed E-state index contributed by atoms with van der Waals surface area (Å²) in [5.74, 6) is 3.67. The van der Waals surface area contributed by atoms with E-state index in [2.05, 4.69) is 54.7 Å². The number of para-hydroxylation sites is 1. The molecule has 2 aliphatic heterocycles. The Morgan fingerprint density at radius 3 is 2.81 bits per heavy atom. The lowest BCUT2D eigenvalue weighted by Crippen LogP contribution is -2.34. The Balaban J connectivity index is 2.05. The van der Waals surface area contributed by atoms with Crippen LogP contribution in [0.4, 0.5) is 0 Å². The fraction of sp³-hybridized carbons (Fsp3) is 0.538. The second kappa shape index (κ2) is 4.19. The zero-order valence-corrected chi connectivity index (χ0v) is 11.1. The maximum absolute atomic E-state index is 5.93. The topological polar surface area (TPSA) is 9.23 Å². The average Bonchev–Trinajstić information content (AvgIpc) is 2.30. The van der Waals surface area contributed by atoms with Crippen molar-refractivity contribution in [1.82, 2.24) is 0 Å². The summed E-state index contributed by atoms with van der Waals surface area (Å²) >= 11 is 4.23. The molecule has 0 saturated carbocycles. The van der Waals surface area contributed by atoms with Crippen LogP contribution in [-0.4, -0.2) is 17.6 Å². The SMILES string of the molecule is CC1CC2(SCCCS2)c2ccccc2O1. The Hall–Kier alpha value is -0.280. The molecule has 1 aromatic carbocycles. The fourth-order valence-corrected chi connectivity index (χ4v) is 6.09. The molecule has 86 valence electrons. The summed E-state index contributed by atoms with van der Waals surface area (Å²) in [6.45, 7) is 2.19. The second-order valence-electron chi connectivity index (χ2n) is 4.43. The molecule has 2 aliphatic rings. The molecule has 1 saturated heterocycles. The van der Waals surface area contributed by atoms with Gasteiger partial charge in [-0.15, -0.1) is 23.5 Å². The van der Waals surface area contributed by atoms with E-state index in [0.29, 0.717) is 6.10 Å². The van der Waals surface area contributed by atoms with Crippen molar-refractivity contribution in [2.45, 2.75) is 29.9 Å². The Morgan fingerprint density at radius 2 is 2.00 bits per heavy atom. The highest BCUT2D eigenvalue weighted by molar-refractivity contribution is 8.18. The number of thioether (sulfide) groups is 2. The predicted molar refractivity (Wildman–Crippen MR) is 72.4 cm³/mol. The molecule has 3 heteroatoms. The summed E-state index contributed by atoms with van der Waals surface area (Å²) in [5, 5.41) is 0. The second-order valence-corrected chi connectivity index (χ2v) is 7.48. The molecule has 1 aromatic rings. The van der Waals surface area contributed by atoms with Crippen LogP contribution in [0.2, 0.25) is 0 Å². The smallest absolute Gasteiger partial charge is 0.125 e. The van der Waals surface area contributed by atoms with Crippen molar-refractivity contribution < 1.29 is 4.74 Å².